The van der Waals surface area contributed by atoms with Crippen LogP contribution in [0, 0.1) is 10.1 Å². The van der Waals surface area contributed by atoms with Crippen molar-refractivity contribution in [2.45, 2.75) is 12.5 Å². The van der Waals surface area contributed by atoms with Crippen LogP contribution < -0.4 is 0 Å². The highest BCUT2D eigenvalue weighted by Crippen LogP contribution is 2.12. The molecule has 0 aromatic heterocycles. The molecule has 0 spiro atoms. The van der Waals surface area contributed by atoms with Gasteiger partial charge in [0.2, 0.25) is 0 Å². The highest BCUT2D eigenvalue weighted by Gasteiger charge is 2.30. The van der Waals surface area contributed by atoms with E-state index in [1.165, 1.54) is 5.01 Å². The van der Waals surface area contributed by atoms with Crippen LogP contribution >= 0.6 is 0 Å². The van der Waals surface area contributed by atoms with Gasteiger partial charge in [-0.3, -0.25) is 0 Å². The summed E-state index contributed by atoms with van der Waals surface area (Å²) in [5.41, 5.74) is 1.10. The summed E-state index contributed by atoms with van der Waals surface area (Å²) in [5, 5.41) is 11.8. The van der Waals surface area contributed by atoms with Crippen LogP contribution in [0.25, 0.3) is 0 Å². The second-order valence-corrected chi connectivity index (χ2v) is 3.82. The van der Waals surface area contributed by atoms with Gasteiger partial charge >= 0.3 is 0 Å². The third-order valence-corrected chi connectivity index (χ3v) is 2.72. The van der Waals surface area contributed by atoms with Gasteiger partial charge in [-0.05, 0) is 5.56 Å². The first-order chi connectivity index (χ1) is 7.77. The maximum Gasteiger partial charge on any atom is 0.160 e. The number of benzene rings is 1. The Labute approximate surface area is 93.7 Å². The number of ether oxygens (including phenoxy) is 1. The minimum absolute atomic E-state index is 0.161. The molecule has 0 saturated carbocycles. The number of nitrogens with zero attached hydrogens (tertiary/aromatic N) is 2. The van der Waals surface area contributed by atoms with Gasteiger partial charge in [0, 0.05) is 6.42 Å². The molecule has 1 aromatic carbocycles. The molecule has 16 heavy (non-hydrogen) atoms. The Hall–Kier alpha value is -1.62. The number of morpholine rings is 1. The maximum atomic E-state index is 10.8. The fourth-order valence-electron chi connectivity index (χ4n) is 1.91. The SMILES string of the molecule is O=[N+]([O-])N1CCOCC1Cc1ccccc1. The Balaban J connectivity index is 2.04. The molecule has 5 heteroatoms. The van der Waals surface area contributed by atoms with Crippen LogP contribution in [0.3, 0.4) is 0 Å². The summed E-state index contributed by atoms with van der Waals surface area (Å²) in [5.74, 6) is 0. The molecule has 1 fully saturated rings. The summed E-state index contributed by atoms with van der Waals surface area (Å²) >= 11 is 0. The molecule has 2 rings (SSSR count). The van der Waals surface area contributed by atoms with Gasteiger partial charge in [0.15, 0.2) is 5.03 Å². The van der Waals surface area contributed by atoms with E-state index in [2.05, 4.69) is 0 Å². The highest BCUT2D eigenvalue weighted by molar-refractivity contribution is 5.15. The molecule has 1 aromatic rings. The number of nitro groups is 1. The van der Waals surface area contributed by atoms with E-state index >= 15 is 0 Å². The lowest BCUT2D eigenvalue weighted by Crippen LogP contribution is -2.49. The van der Waals surface area contributed by atoms with Crippen LogP contribution in [0.15, 0.2) is 30.3 Å². The molecule has 1 aliphatic rings. The quantitative estimate of drug-likeness (QED) is 0.568. The number of hydrazine groups is 1. The molecule has 0 bridgehead atoms. The molecule has 0 radical (unpaired) electrons. The Kier molecular flexibility index (Phi) is 3.36. The lowest BCUT2D eigenvalue weighted by atomic mass is 10.1. The van der Waals surface area contributed by atoms with Crippen molar-refractivity contribution in [2.75, 3.05) is 19.8 Å². The van der Waals surface area contributed by atoms with Crippen molar-refractivity contribution >= 4 is 0 Å². The monoisotopic (exact) mass is 222 g/mol. The van der Waals surface area contributed by atoms with Gasteiger partial charge in [-0.25, -0.2) is 10.1 Å². The first-order valence-electron chi connectivity index (χ1n) is 5.30. The highest BCUT2D eigenvalue weighted by atomic mass is 16.7. The zero-order valence-electron chi connectivity index (χ0n) is 8.91. The van der Waals surface area contributed by atoms with Gasteiger partial charge in [0.1, 0.15) is 12.6 Å². The van der Waals surface area contributed by atoms with Crippen LogP contribution in [0.1, 0.15) is 5.56 Å². The van der Waals surface area contributed by atoms with Gasteiger partial charge < -0.3 is 4.74 Å². The normalized spacial score (nSPS) is 20.8. The average Bonchev–Trinajstić information content (AvgIpc) is 2.31. The van der Waals surface area contributed by atoms with Crippen molar-refractivity contribution in [3.63, 3.8) is 0 Å². The van der Waals surface area contributed by atoms with E-state index in [-0.39, 0.29) is 11.1 Å². The van der Waals surface area contributed by atoms with E-state index in [4.69, 9.17) is 4.74 Å². The van der Waals surface area contributed by atoms with E-state index < -0.39 is 0 Å². The first-order valence-corrected chi connectivity index (χ1v) is 5.30. The summed E-state index contributed by atoms with van der Waals surface area (Å²) in [6.07, 6.45) is 0.655. The Morgan fingerprint density at radius 2 is 2.19 bits per heavy atom. The van der Waals surface area contributed by atoms with E-state index in [0.717, 1.165) is 5.56 Å². The number of hydrogen-bond donors (Lipinski definition) is 0. The molecule has 1 unspecified atom stereocenters. The van der Waals surface area contributed by atoms with Crippen molar-refractivity contribution < 1.29 is 9.77 Å². The van der Waals surface area contributed by atoms with Gasteiger partial charge in [-0.1, -0.05) is 30.3 Å². The van der Waals surface area contributed by atoms with Crippen molar-refractivity contribution in [3.8, 4) is 0 Å². The predicted molar refractivity (Wildman–Crippen MR) is 58.5 cm³/mol. The second kappa shape index (κ2) is 4.94. The molecule has 0 aliphatic carbocycles. The lowest BCUT2D eigenvalue weighted by molar-refractivity contribution is -0.669. The fraction of sp³-hybridized carbons (Fsp3) is 0.455. The predicted octanol–water partition coefficient (Wildman–Crippen LogP) is 1.12. The lowest BCUT2D eigenvalue weighted by Gasteiger charge is -2.28. The van der Waals surface area contributed by atoms with Crippen LogP contribution in [-0.2, 0) is 11.2 Å². The van der Waals surface area contributed by atoms with E-state index in [1.807, 2.05) is 30.3 Å². The maximum absolute atomic E-state index is 10.8. The molecule has 1 aliphatic heterocycles. The van der Waals surface area contributed by atoms with Crippen LogP contribution in [-0.4, -0.2) is 35.8 Å². The van der Waals surface area contributed by atoms with E-state index in [9.17, 15) is 10.1 Å². The molecule has 86 valence electrons. The fourth-order valence-corrected chi connectivity index (χ4v) is 1.91. The molecule has 0 amide bonds. The standard InChI is InChI=1S/C11H14N2O3/c14-13(15)12-6-7-16-9-11(12)8-10-4-2-1-3-5-10/h1-5,11H,6-9H2. The average molecular weight is 222 g/mol. The summed E-state index contributed by atoms with van der Waals surface area (Å²) in [6, 6.07) is 9.61. The molecule has 1 atom stereocenters. The Morgan fingerprint density at radius 1 is 1.44 bits per heavy atom. The molecular weight excluding hydrogens is 208 g/mol. The van der Waals surface area contributed by atoms with Gasteiger partial charge in [-0.2, -0.15) is 0 Å². The number of rotatable bonds is 3. The molecule has 1 heterocycles. The zero-order valence-corrected chi connectivity index (χ0v) is 8.91. The van der Waals surface area contributed by atoms with Crippen LogP contribution in [0.2, 0.25) is 0 Å². The van der Waals surface area contributed by atoms with Crippen molar-refractivity contribution in [1.29, 1.82) is 0 Å². The number of hydrogen-bond acceptors (Lipinski definition) is 3. The summed E-state index contributed by atoms with van der Waals surface area (Å²) in [7, 11) is 0. The smallest absolute Gasteiger partial charge is 0.160 e. The Morgan fingerprint density at radius 3 is 2.88 bits per heavy atom. The minimum Gasteiger partial charge on any atom is -0.377 e. The van der Waals surface area contributed by atoms with Crippen LogP contribution in [0.5, 0.6) is 0 Å². The Bertz CT molecular complexity index is 356. The van der Waals surface area contributed by atoms with Gasteiger partial charge in [-0.15, -0.1) is 5.01 Å². The molecule has 1 saturated heterocycles. The minimum atomic E-state index is -0.323. The zero-order chi connectivity index (χ0) is 11.4. The second-order valence-electron chi connectivity index (χ2n) is 3.82. The topological polar surface area (TPSA) is 55.6 Å². The van der Waals surface area contributed by atoms with Gasteiger partial charge in [0.25, 0.3) is 0 Å². The van der Waals surface area contributed by atoms with Crippen molar-refractivity contribution in [1.82, 2.24) is 5.01 Å². The van der Waals surface area contributed by atoms with E-state index in [0.29, 0.717) is 26.2 Å². The third-order valence-electron chi connectivity index (χ3n) is 2.72. The summed E-state index contributed by atoms with van der Waals surface area (Å²) in [4.78, 5) is 10.8. The largest absolute Gasteiger partial charge is 0.377 e. The molecule has 0 N–H and O–H groups in total. The molecule has 5 nitrogen and oxygen atoms in total. The summed E-state index contributed by atoms with van der Waals surface area (Å²) in [6.45, 7) is 1.23. The van der Waals surface area contributed by atoms with Gasteiger partial charge in [0.05, 0.1) is 13.2 Å². The summed E-state index contributed by atoms with van der Waals surface area (Å²) < 4.78 is 5.29. The van der Waals surface area contributed by atoms with Crippen molar-refractivity contribution in [2.24, 2.45) is 0 Å². The first kappa shape index (κ1) is 10.9. The van der Waals surface area contributed by atoms with Crippen LogP contribution in [0.4, 0.5) is 0 Å². The van der Waals surface area contributed by atoms with E-state index in [1.54, 1.807) is 0 Å². The molecular formula is C11H14N2O3. The third kappa shape index (κ3) is 2.49. The van der Waals surface area contributed by atoms with Crippen molar-refractivity contribution in [3.05, 3.63) is 46.0 Å².